The van der Waals surface area contributed by atoms with Crippen molar-refractivity contribution in [3.8, 4) is 0 Å². The van der Waals surface area contributed by atoms with Crippen molar-refractivity contribution in [3.63, 3.8) is 0 Å². The highest BCUT2D eigenvalue weighted by molar-refractivity contribution is 9.11. The van der Waals surface area contributed by atoms with Gasteiger partial charge in [0.2, 0.25) is 0 Å². The second-order valence-corrected chi connectivity index (χ2v) is 6.90. The Kier molecular flexibility index (Phi) is 5.72. The number of halogens is 3. The van der Waals surface area contributed by atoms with Gasteiger partial charge in [0.1, 0.15) is 0 Å². The average Bonchev–Trinajstić information content (AvgIpc) is 2.89. The van der Waals surface area contributed by atoms with Gasteiger partial charge in [0.25, 0.3) is 5.91 Å². The summed E-state index contributed by atoms with van der Waals surface area (Å²) in [5.74, 6) is 0.558. The molecule has 0 radical (unpaired) electrons. The summed E-state index contributed by atoms with van der Waals surface area (Å²) in [6, 6.07) is 6.00. The van der Waals surface area contributed by atoms with Gasteiger partial charge in [-0.1, -0.05) is 28.8 Å². The van der Waals surface area contributed by atoms with Crippen LogP contribution in [0.25, 0.3) is 0 Å². The minimum Gasteiger partial charge on any atom is -0.334 e. The lowest BCUT2D eigenvalue weighted by Gasteiger charge is -2.28. The van der Waals surface area contributed by atoms with E-state index in [1.807, 2.05) is 23.1 Å². The molecule has 1 saturated carbocycles. The van der Waals surface area contributed by atoms with E-state index >= 15 is 0 Å². The fraction of sp³-hybridized carbons (Fsp3) is 0.500. The number of carbonyl (C=O) groups is 1. The molecule has 1 aliphatic carbocycles. The third-order valence-electron chi connectivity index (χ3n) is 3.51. The Balaban J connectivity index is 2.22. The molecule has 2 rings (SSSR count). The third kappa shape index (κ3) is 3.73. The van der Waals surface area contributed by atoms with Gasteiger partial charge in [-0.05, 0) is 47.0 Å². The van der Waals surface area contributed by atoms with Crippen molar-refractivity contribution < 1.29 is 4.79 Å². The van der Waals surface area contributed by atoms with Crippen LogP contribution in [0.15, 0.2) is 27.1 Å². The standard InChI is InChI=1S/C14H16Br2ClNO/c15-10-5-6-12(13(16)9-10)14(19)18(8-7-17)11-3-1-2-4-11/h5-6,9,11H,1-4,7-8H2. The molecule has 1 aromatic rings. The van der Waals surface area contributed by atoms with Crippen molar-refractivity contribution in [2.75, 3.05) is 12.4 Å². The Morgan fingerprint density at radius 1 is 1.32 bits per heavy atom. The van der Waals surface area contributed by atoms with E-state index in [2.05, 4.69) is 31.9 Å². The molecular formula is C14H16Br2ClNO. The molecular weight excluding hydrogens is 393 g/mol. The molecule has 1 amide bonds. The van der Waals surface area contributed by atoms with Gasteiger partial charge in [0.05, 0.1) is 5.56 Å². The first-order chi connectivity index (χ1) is 9.13. The second kappa shape index (κ2) is 7.09. The molecule has 0 bridgehead atoms. The normalized spacial score (nSPS) is 15.7. The highest BCUT2D eigenvalue weighted by Crippen LogP contribution is 2.28. The summed E-state index contributed by atoms with van der Waals surface area (Å²) in [7, 11) is 0. The van der Waals surface area contributed by atoms with Crippen LogP contribution in [0.4, 0.5) is 0 Å². The summed E-state index contributed by atoms with van der Waals surface area (Å²) in [4.78, 5) is 14.6. The molecule has 0 atom stereocenters. The molecule has 104 valence electrons. The Morgan fingerprint density at radius 3 is 2.58 bits per heavy atom. The smallest absolute Gasteiger partial charge is 0.255 e. The summed E-state index contributed by atoms with van der Waals surface area (Å²) in [6.07, 6.45) is 4.60. The Hall–Kier alpha value is -0.0600. The molecule has 0 heterocycles. The first kappa shape index (κ1) is 15.3. The van der Waals surface area contributed by atoms with Gasteiger partial charge in [0.15, 0.2) is 0 Å². The highest BCUT2D eigenvalue weighted by atomic mass is 79.9. The molecule has 0 unspecified atom stereocenters. The Morgan fingerprint density at radius 2 is 2.00 bits per heavy atom. The van der Waals surface area contributed by atoms with E-state index in [1.165, 1.54) is 12.8 Å². The van der Waals surface area contributed by atoms with Crippen molar-refractivity contribution in [2.24, 2.45) is 0 Å². The molecule has 19 heavy (non-hydrogen) atoms. The topological polar surface area (TPSA) is 20.3 Å². The number of hydrogen-bond donors (Lipinski definition) is 0. The first-order valence-electron chi connectivity index (χ1n) is 6.45. The van der Waals surface area contributed by atoms with Crippen LogP contribution in [-0.2, 0) is 0 Å². The van der Waals surface area contributed by atoms with Crippen molar-refractivity contribution >= 4 is 49.4 Å². The molecule has 5 heteroatoms. The molecule has 1 aliphatic rings. The minimum absolute atomic E-state index is 0.0759. The van der Waals surface area contributed by atoms with Crippen LogP contribution in [-0.4, -0.2) is 29.3 Å². The van der Waals surface area contributed by atoms with Crippen LogP contribution in [0.5, 0.6) is 0 Å². The number of alkyl halides is 1. The molecule has 0 aliphatic heterocycles. The van der Waals surface area contributed by atoms with Crippen LogP contribution in [0, 0.1) is 0 Å². The van der Waals surface area contributed by atoms with Gasteiger partial charge in [-0.15, -0.1) is 11.6 Å². The fourth-order valence-electron chi connectivity index (χ4n) is 2.57. The zero-order valence-corrected chi connectivity index (χ0v) is 14.5. The number of benzene rings is 1. The number of amides is 1. The predicted octanol–water partition coefficient (Wildman–Crippen LogP) is 4.84. The van der Waals surface area contributed by atoms with E-state index in [4.69, 9.17) is 11.6 Å². The lowest BCUT2D eigenvalue weighted by Crippen LogP contribution is -2.40. The predicted molar refractivity (Wildman–Crippen MR) is 85.9 cm³/mol. The fourth-order valence-corrected chi connectivity index (χ4v) is 3.97. The van der Waals surface area contributed by atoms with E-state index < -0.39 is 0 Å². The highest BCUT2D eigenvalue weighted by Gasteiger charge is 2.27. The number of hydrogen-bond acceptors (Lipinski definition) is 1. The maximum Gasteiger partial charge on any atom is 0.255 e. The van der Waals surface area contributed by atoms with E-state index in [9.17, 15) is 4.79 Å². The van der Waals surface area contributed by atoms with Crippen molar-refractivity contribution in [1.29, 1.82) is 0 Å². The van der Waals surface area contributed by atoms with Crippen molar-refractivity contribution in [1.82, 2.24) is 4.90 Å². The summed E-state index contributed by atoms with van der Waals surface area (Å²) < 4.78 is 1.78. The number of carbonyl (C=O) groups excluding carboxylic acids is 1. The molecule has 1 aromatic carbocycles. The zero-order valence-electron chi connectivity index (χ0n) is 10.5. The number of nitrogens with zero attached hydrogens (tertiary/aromatic N) is 1. The van der Waals surface area contributed by atoms with Gasteiger partial charge < -0.3 is 4.90 Å². The zero-order chi connectivity index (χ0) is 13.8. The summed E-state index contributed by atoms with van der Waals surface area (Å²) >= 11 is 12.7. The second-order valence-electron chi connectivity index (χ2n) is 4.75. The van der Waals surface area contributed by atoms with Gasteiger partial charge in [-0.2, -0.15) is 0 Å². The first-order valence-corrected chi connectivity index (χ1v) is 8.57. The molecule has 0 aromatic heterocycles. The maximum absolute atomic E-state index is 12.7. The molecule has 1 fully saturated rings. The molecule has 0 spiro atoms. The van der Waals surface area contributed by atoms with Crippen LogP contribution < -0.4 is 0 Å². The minimum atomic E-state index is 0.0759. The van der Waals surface area contributed by atoms with Crippen LogP contribution in [0.1, 0.15) is 36.0 Å². The van der Waals surface area contributed by atoms with E-state index in [0.29, 0.717) is 24.0 Å². The quantitative estimate of drug-likeness (QED) is 0.652. The van der Waals surface area contributed by atoms with Gasteiger partial charge in [0, 0.05) is 27.4 Å². The van der Waals surface area contributed by atoms with Gasteiger partial charge >= 0.3 is 0 Å². The SMILES string of the molecule is O=C(c1ccc(Br)cc1Br)N(CCCl)C1CCCC1. The Labute approximate surface area is 135 Å². The summed E-state index contributed by atoms with van der Waals surface area (Å²) in [5, 5.41) is 0. The molecule has 0 N–H and O–H groups in total. The van der Waals surface area contributed by atoms with Crippen molar-refractivity contribution in [2.45, 2.75) is 31.7 Å². The maximum atomic E-state index is 12.7. The van der Waals surface area contributed by atoms with Crippen molar-refractivity contribution in [3.05, 3.63) is 32.7 Å². The summed E-state index contributed by atoms with van der Waals surface area (Å²) in [6.45, 7) is 0.619. The van der Waals surface area contributed by atoms with E-state index in [-0.39, 0.29) is 5.91 Å². The number of rotatable bonds is 4. The molecule has 2 nitrogen and oxygen atoms in total. The van der Waals surface area contributed by atoms with Crippen LogP contribution >= 0.6 is 43.5 Å². The summed E-state index contributed by atoms with van der Waals surface area (Å²) in [5.41, 5.74) is 0.709. The van der Waals surface area contributed by atoms with E-state index in [0.717, 1.165) is 21.8 Å². The van der Waals surface area contributed by atoms with Crippen LogP contribution in [0.2, 0.25) is 0 Å². The Bertz CT molecular complexity index is 461. The average molecular weight is 410 g/mol. The van der Waals surface area contributed by atoms with Gasteiger partial charge in [-0.3, -0.25) is 4.79 Å². The lowest BCUT2D eigenvalue weighted by atomic mass is 10.1. The lowest BCUT2D eigenvalue weighted by molar-refractivity contribution is 0.0694. The monoisotopic (exact) mass is 407 g/mol. The third-order valence-corrected chi connectivity index (χ3v) is 4.83. The largest absolute Gasteiger partial charge is 0.334 e. The van der Waals surface area contributed by atoms with Crippen LogP contribution in [0.3, 0.4) is 0 Å². The molecule has 0 saturated heterocycles. The van der Waals surface area contributed by atoms with Gasteiger partial charge in [-0.25, -0.2) is 0 Å². The van der Waals surface area contributed by atoms with E-state index in [1.54, 1.807) is 0 Å².